The van der Waals surface area contributed by atoms with Crippen molar-refractivity contribution in [3.05, 3.63) is 48.5 Å². The number of hydrogen-bond donors (Lipinski definition) is 1. The maximum Gasteiger partial charge on any atom is 0.230 e. The summed E-state index contributed by atoms with van der Waals surface area (Å²) in [5.74, 6) is 0.319. The third-order valence-corrected chi connectivity index (χ3v) is 3.77. The lowest BCUT2D eigenvalue weighted by Crippen LogP contribution is -2.25. The molecule has 1 atom stereocenters. The van der Waals surface area contributed by atoms with Crippen molar-refractivity contribution in [2.75, 3.05) is 18.4 Å². The molecule has 110 valence electrons. The van der Waals surface area contributed by atoms with Gasteiger partial charge in [-0.1, -0.05) is 36.4 Å². The summed E-state index contributed by atoms with van der Waals surface area (Å²) in [6.07, 6.45) is 2.79. The van der Waals surface area contributed by atoms with Gasteiger partial charge in [0.2, 0.25) is 5.91 Å². The number of hydrogen-bond acceptors (Lipinski definition) is 4. The molecule has 5 nitrogen and oxygen atoms in total. The number of nitriles is 1. The summed E-state index contributed by atoms with van der Waals surface area (Å²) in [5, 5.41) is 11.7. The zero-order valence-electron chi connectivity index (χ0n) is 12.1. The van der Waals surface area contributed by atoms with Crippen LogP contribution in [0.1, 0.15) is 6.42 Å². The van der Waals surface area contributed by atoms with Crippen LogP contribution in [0.2, 0.25) is 0 Å². The van der Waals surface area contributed by atoms with Gasteiger partial charge in [0.25, 0.3) is 0 Å². The monoisotopic (exact) mass is 292 g/mol. The van der Waals surface area contributed by atoms with E-state index in [1.165, 1.54) is 0 Å². The smallest absolute Gasteiger partial charge is 0.230 e. The summed E-state index contributed by atoms with van der Waals surface area (Å²) in [5.41, 5.74) is 1.83. The highest BCUT2D eigenvalue weighted by Gasteiger charge is 2.27. The van der Waals surface area contributed by atoms with E-state index in [-0.39, 0.29) is 11.8 Å². The Bertz CT molecular complexity index is 708. The second-order valence-electron chi connectivity index (χ2n) is 5.29. The Labute approximate surface area is 129 Å². The van der Waals surface area contributed by atoms with Gasteiger partial charge >= 0.3 is 0 Å². The van der Waals surface area contributed by atoms with Gasteiger partial charge in [0.05, 0.1) is 11.6 Å². The van der Waals surface area contributed by atoms with Crippen LogP contribution in [0.5, 0.6) is 0 Å². The van der Waals surface area contributed by atoms with Gasteiger partial charge in [0, 0.05) is 18.7 Å². The standard InChI is InChI=1S/C17H16N4O/c18-12-21-10-9-14(11-21)17(22)20-16-8-4-7-15(19-16)13-5-2-1-3-6-13/h1-8,14H,9-11H2,(H,19,20,22). The molecule has 0 aliphatic carbocycles. The number of rotatable bonds is 3. The minimum Gasteiger partial charge on any atom is -0.310 e. The first-order valence-electron chi connectivity index (χ1n) is 7.24. The van der Waals surface area contributed by atoms with E-state index in [2.05, 4.69) is 16.5 Å². The Kier molecular flexibility index (Phi) is 4.01. The molecule has 1 N–H and O–H groups in total. The molecule has 1 aliphatic rings. The molecule has 1 unspecified atom stereocenters. The predicted molar refractivity (Wildman–Crippen MR) is 83.6 cm³/mol. The van der Waals surface area contributed by atoms with Gasteiger partial charge in [-0.3, -0.25) is 4.79 Å². The fourth-order valence-corrected chi connectivity index (χ4v) is 2.57. The van der Waals surface area contributed by atoms with Crippen LogP contribution in [0.3, 0.4) is 0 Å². The average Bonchev–Trinajstić information content (AvgIpc) is 3.05. The number of benzene rings is 1. The third-order valence-electron chi connectivity index (χ3n) is 3.77. The second kappa shape index (κ2) is 6.27. The average molecular weight is 292 g/mol. The number of aromatic nitrogens is 1. The Balaban J connectivity index is 1.71. The predicted octanol–water partition coefficient (Wildman–Crippen LogP) is 2.49. The number of carbonyl (C=O) groups excluding carboxylic acids is 1. The van der Waals surface area contributed by atoms with E-state index < -0.39 is 0 Å². The first-order valence-corrected chi connectivity index (χ1v) is 7.24. The van der Waals surface area contributed by atoms with Crippen molar-refractivity contribution in [2.45, 2.75) is 6.42 Å². The van der Waals surface area contributed by atoms with Crippen molar-refractivity contribution in [3.8, 4) is 17.5 Å². The van der Waals surface area contributed by atoms with E-state index in [1.54, 1.807) is 11.0 Å². The van der Waals surface area contributed by atoms with Crippen LogP contribution >= 0.6 is 0 Å². The molecule has 1 aliphatic heterocycles. The Hall–Kier alpha value is -2.87. The second-order valence-corrected chi connectivity index (χ2v) is 5.29. The van der Waals surface area contributed by atoms with Crippen LogP contribution in [0, 0.1) is 17.4 Å². The summed E-state index contributed by atoms with van der Waals surface area (Å²) < 4.78 is 0. The molecule has 1 saturated heterocycles. The minimum atomic E-state index is -0.151. The minimum absolute atomic E-state index is 0.0736. The molecule has 1 aromatic heterocycles. The van der Waals surface area contributed by atoms with Crippen LogP contribution in [-0.4, -0.2) is 28.9 Å². The number of pyridine rings is 1. The van der Waals surface area contributed by atoms with E-state index >= 15 is 0 Å². The van der Waals surface area contributed by atoms with Gasteiger partial charge < -0.3 is 10.2 Å². The van der Waals surface area contributed by atoms with Crippen molar-refractivity contribution in [2.24, 2.45) is 5.92 Å². The lowest BCUT2D eigenvalue weighted by Gasteiger charge is -2.11. The molecule has 2 aromatic rings. The molecule has 1 fully saturated rings. The largest absolute Gasteiger partial charge is 0.310 e. The van der Waals surface area contributed by atoms with Gasteiger partial charge in [-0.25, -0.2) is 4.98 Å². The van der Waals surface area contributed by atoms with Crippen molar-refractivity contribution in [1.82, 2.24) is 9.88 Å². The topological polar surface area (TPSA) is 69.0 Å². The van der Waals surface area contributed by atoms with Crippen LogP contribution in [0.4, 0.5) is 5.82 Å². The van der Waals surface area contributed by atoms with Gasteiger partial charge in [0.15, 0.2) is 6.19 Å². The van der Waals surface area contributed by atoms with Crippen molar-refractivity contribution in [1.29, 1.82) is 5.26 Å². The van der Waals surface area contributed by atoms with E-state index in [4.69, 9.17) is 5.26 Å². The zero-order chi connectivity index (χ0) is 15.4. The molecule has 0 radical (unpaired) electrons. The number of nitrogens with one attached hydrogen (secondary N) is 1. The fourth-order valence-electron chi connectivity index (χ4n) is 2.57. The molecule has 0 saturated carbocycles. The molecule has 5 heteroatoms. The van der Waals surface area contributed by atoms with Crippen LogP contribution in [0.15, 0.2) is 48.5 Å². The molecule has 0 spiro atoms. The van der Waals surface area contributed by atoms with E-state index in [9.17, 15) is 4.79 Å². The highest BCUT2D eigenvalue weighted by molar-refractivity contribution is 5.92. The number of likely N-dealkylation sites (tertiary alicyclic amines) is 1. The van der Waals surface area contributed by atoms with Gasteiger partial charge in [-0.2, -0.15) is 5.26 Å². The van der Waals surface area contributed by atoms with Gasteiger partial charge in [-0.05, 0) is 18.6 Å². The third kappa shape index (κ3) is 3.07. The first-order chi connectivity index (χ1) is 10.8. The number of anilines is 1. The SMILES string of the molecule is N#CN1CCC(C(=O)Nc2cccc(-c3ccccc3)n2)C1. The number of nitrogens with zero attached hydrogens (tertiary/aromatic N) is 3. The maximum absolute atomic E-state index is 12.2. The zero-order valence-corrected chi connectivity index (χ0v) is 12.1. The Morgan fingerprint density at radius 3 is 2.77 bits per heavy atom. The van der Waals surface area contributed by atoms with Crippen LogP contribution in [-0.2, 0) is 4.79 Å². The van der Waals surface area contributed by atoms with E-state index in [0.29, 0.717) is 25.3 Å². The molecule has 2 heterocycles. The molecule has 22 heavy (non-hydrogen) atoms. The summed E-state index contributed by atoms with van der Waals surface area (Å²) >= 11 is 0. The van der Waals surface area contributed by atoms with E-state index in [0.717, 1.165) is 11.3 Å². The summed E-state index contributed by atoms with van der Waals surface area (Å²) in [4.78, 5) is 18.3. The van der Waals surface area contributed by atoms with Gasteiger partial charge in [0.1, 0.15) is 5.82 Å². The Morgan fingerprint density at radius 2 is 2.05 bits per heavy atom. The molecule has 1 aromatic carbocycles. The first kappa shape index (κ1) is 14.1. The fraction of sp³-hybridized carbons (Fsp3) is 0.235. The normalized spacial score (nSPS) is 17.0. The van der Waals surface area contributed by atoms with Crippen LogP contribution < -0.4 is 5.32 Å². The molecular formula is C17H16N4O. The van der Waals surface area contributed by atoms with Crippen molar-refractivity contribution in [3.63, 3.8) is 0 Å². The van der Waals surface area contributed by atoms with E-state index in [1.807, 2.05) is 42.5 Å². The van der Waals surface area contributed by atoms with Crippen molar-refractivity contribution < 1.29 is 4.79 Å². The molecule has 3 rings (SSSR count). The summed E-state index contributed by atoms with van der Waals surface area (Å²) in [6, 6.07) is 15.4. The quantitative estimate of drug-likeness (QED) is 0.882. The van der Waals surface area contributed by atoms with Gasteiger partial charge in [-0.15, -0.1) is 0 Å². The number of carbonyl (C=O) groups is 1. The maximum atomic E-state index is 12.2. The highest BCUT2D eigenvalue weighted by atomic mass is 16.2. The lowest BCUT2D eigenvalue weighted by atomic mass is 10.1. The number of amides is 1. The summed E-state index contributed by atoms with van der Waals surface area (Å²) in [7, 11) is 0. The lowest BCUT2D eigenvalue weighted by molar-refractivity contribution is -0.119. The Morgan fingerprint density at radius 1 is 1.23 bits per heavy atom. The molecular weight excluding hydrogens is 276 g/mol. The van der Waals surface area contributed by atoms with Crippen molar-refractivity contribution >= 4 is 11.7 Å². The molecule has 1 amide bonds. The highest BCUT2D eigenvalue weighted by Crippen LogP contribution is 2.20. The van der Waals surface area contributed by atoms with Crippen LogP contribution in [0.25, 0.3) is 11.3 Å². The molecule has 0 bridgehead atoms. The summed E-state index contributed by atoms with van der Waals surface area (Å²) in [6.45, 7) is 1.13.